The number of carbonyl (C=O) groups excluding carboxylic acids is 1. The van der Waals surface area contributed by atoms with Gasteiger partial charge in [-0.25, -0.2) is 4.98 Å². The molecule has 0 atom stereocenters. The molecule has 2 aliphatic rings. The van der Waals surface area contributed by atoms with Gasteiger partial charge in [0.05, 0.1) is 23.9 Å². The Bertz CT molecular complexity index is 1220. The maximum absolute atomic E-state index is 13.3. The molecule has 1 amide bonds. The van der Waals surface area contributed by atoms with Crippen molar-refractivity contribution < 1.29 is 4.79 Å². The summed E-state index contributed by atoms with van der Waals surface area (Å²) in [6.07, 6.45) is 3.98. The number of piperidine rings is 1. The van der Waals surface area contributed by atoms with Crippen molar-refractivity contribution in [1.82, 2.24) is 24.8 Å². The van der Waals surface area contributed by atoms with E-state index < -0.39 is 0 Å². The van der Waals surface area contributed by atoms with Crippen LogP contribution in [0.2, 0.25) is 0 Å². The number of pyridine rings is 1. The predicted molar refractivity (Wildman–Crippen MR) is 136 cm³/mol. The summed E-state index contributed by atoms with van der Waals surface area (Å²) in [5.41, 5.74) is 3.32. The zero-order valence-corrected chi connectivity index (χ0v) is 20.7. The van der Waals surface area contributed by atoms with E-state index in [9.17, 15) is 4.79 Å². The lowest BCUT2D eigenvalue weighted by molar-refractivity contribution is 0.0726. The SMILES string of the molecule is CC(C)N1Cc2c(nc(N3CCC(N(C)C)CC3)nc2N(C)c2cnc3ccccc3c2)C1=O. The van der Waals surface area contributed by atoms with E-state index in [2.05, 4.69) is 41.0 Å². The van der Waals surface area contributed by atoms with E-state index in [-0.39, 0.29) is 11.9 Å². The second-order valence-electron chi connectivity index (χ2n) is 9.83. The number of hydrogen-bond acceptors (Lipinski definition) is 7. The summed E-state index contributed by atoms with van der Waals surface area (Å²) in [6, 6.07) is 10.9. The lowest BCUT2D eigenvalue weighted by atomic mass is 10.0. The van der Waals surface area contributed by atoms with Gasteiger partial charge < -0.3 is 19.6 Å². The predicted octanol–water partition coefficient (Wildman–Crippen LogP) is 3.69. The lowest BCUT2D eigenvalue weighted by Crippen LogP contribution is -2.42. The molecule has 0 aliphatic carbocycles. The van der Waals surface area contributed by atoms with Crippen LogP contribution in [0.5, 0.6) is 0 Å². The smallest absolute Gasteiger partial charge is 0.273 e. The molecular weight excluding hydrogens is 426 g/mol. The molecule has 1 aromatic carbocycles. The molecule has 4 heterocycles. The molecule has 0 bridgehead atoms. The largest absolute Gasteiger partial charge is 0.341 e. The highest BCUT2D eigenvalue weighted by molar-refractivity contribution is 5.99. The minimum absolute atomic E-state index is 0.0110. The fourth-order valence-electron chi connectivity index (χ4n) is 4.94. The maximum atomic E-state index is 13.3. The van der Waals surface area contributed by atoms with Gasteiger partial charge in [-0.05, 0) is 52.9 Å². The molecule has 0 unspecified atom stereocenters. The molecule has 5 rings (SSSR count). The van der Waals surface area contributed by atoms with Crippen LogP contribution in [0.4, 0.5) is 17.5 Å². The topological polar surface area (TPSA) is 68.7 Å². The fraction of sp³-hybridized carbons (Fsp3) is 0.462. The molecule has 1 saturated heterocycles. The summed E-state index contributed by atoms with van der Waals surface area (Å²) < 4.78 is 0. The Hall–Kier alpha value is -3.26. The minimum atomic E-state index is -0.0110. The minimum Gasteiger partial charge on any atom is -0.341 e. The van der Waals surface area contributed by atoms with Gasteiger partial charge in [-0.2, -0.15) is 4.98 Å². The molecule has 8 heteroatoms. The summed E-state index contributed by atoms with van der Waals surface area (Å²) in [6.45, 7) is 6.37. The Balaban J connectivity index is 1.55. The van der Waals surface area contributed by atoms with Crippen molar-refractivity contribution in [1.29, 1.82) is 0 Å². The molecule has 0 N–H and O–H groups in total. The summed E-state index contributed by atoms with van der Waals surface area (Å²) in [5.74, 6) is 1.41. The first-order valence-corrected chi connectivity index (χ1v) is 12.0. The summed E-state index contributed by atoms with van der Waals surface area (Å²) in [5, 5.41) is 1.07. The van der Waals surface area contributed by atoms with Crippen molar-refractivity contribution in [2.24, 2.45) is 0 Å². The van der Waals surface area contributed by atoms with Crippen LogP contribution in [0.3, 0.4) is 0 Å². The molecule has 2 aliphatic heterocycles. The monoisotopic (exact) mass is 459 g/mol. The Morgan fingerprint density at radius 1 is 1.06 bits per heavy atom. The van der Waals surface area contributed by atoms with E-state index in [1.165, 1.54) is 0 Å². The summed E-state index contributed by atoms with van der Waals surface area (Å²) in [7, 11) is 6.27. The van der Waals surface area contributed by atoms with E-state index in [0.29, 0.717) is 24.2 Å². The molecule has 0 saturated carbocycles. The molecule has 0 radical (unpaired) electrons. The zero-order valence-electron chi connectivity index (χ0n) is 20.7. The second kappa shape index (κ2) is 8.83. The number of carbonyl (C=O) groups is 1. The van der Waals surface area contributed by atoms with Crippen LogP contribution < -0.4 is 9.80 Å². The number of rotatable bonds is 5. The number of nitrogens with zero attached hydrogens (tertiary/aromatic N) is 7. The normalized spacial score (nSPS) is 16.7. The first-order valence-electron chi connectivity index (χ1n) is 12.0. The average Bonchev–Trinajstić information content (AvgIpc) is 3.19. The third-order valence-corrected chi connectivity index (χ3v) is 7.15. The van der Waals surface area contributed by atoms with Crippen molar-refractivity contribution >= 4 is 34.3 Å². The molecule has 178 valence electrons. The quantitative estimate of drug-likeness (QED) is 0.576. The summed E-state index contributed by atoms with van der Waals surface area (Å²) >= 11 is 0. The molecule has 1 fully saturated rings. The van der Waals surface area contributed by atoms with Crippen molar-refractivity contribution in [2.75, 3.05) is 44.0 Å². The van der Waals surface area contributed by atoms with Crippen LogP contribution in [0.15, 0.2) is 36.5 Å². The van der Waals surface area contributed by atoms with Crippen LogP contribution in [-0.4, -0.2) is 77.0 Å². The van der Waals surface area contributed by atoms with Gasteiger partial charge in [0.25, 0.3) is 5.91 Å². The molecule has 34 heavy (non-hydrogen) atoms. The number of anilines is 3. The average molecular weight is 460 g/mol. The standard InChI is InChI=1S/C26H33N7O/c1-17(2)33-16-21-23(25(33)34)28-26(32-12-10-19(11-13-32)30(3)4)29-24(21)31(5)20-14-18-8-6-7-9-22(18)27-15-20/h6-9,14-15,17,19H,10-13,16H2,1-5H3. The Labute approximate surface area is 201 Å². The third-order valence-electron chi connectivity index (χ3n) is 7.15. The van der Waals surface area contributed by atoms with Gasteiger partial charge in [0.2, 0.25) is 5.95 Å². The van der Waals surface area contributed by atoms with Crippen molar-refractivity contribution in [3.8, 4) is 0 Å². The van der Waals surface area contributed by atoms with Gasteiger partial charge in [0.15, 0.2) is 0 Å². The van der Waals surface area contributed by atoms with E-state index >= 15 is 0 Å². The first kappa shape index (κ1) is 22.5. The van der Waals surface area contributed by atoms with Crippen molar-refractivity contribution in [3.63, 3.8) is 0 Å². The van der Waals surface area contributed by atoms with Crippen molar-refractivity contribution in [3.05, 3.63) is 47.8 Å². The summed E-state index contributed by atoms with van der Waals surface area (Å²) in [4.78, 5) is 36.2. The number of amides is 1. The van der Waals surface area contributed by atoms with E-state index in [1.807, 2.05) is 55.1 Å². The number of aromatic nitrogens is 3. The molecule has 2 aromatic heterocycles. The van der Waals surface area contributed by atoms with Crippen LogP contribution in [-0.2, 0) is 6.54 Å². The van der Waals surface area contributed by atoms with E-state index in [1.54, 1.807) is 0 Å². The Morgan fingerprint density at radius 3 is 2.50 bits per heavy atom. The van der Waals surface area contributed by atoms with Gasteiger partial charge in [-0.3, -0.25) is 9.78 Å². The third kappa shape index (κ3) is 3.96. The Morgan fingerprint density at radius 2 is 1.79 bits per heavy atom. The molecule has 3 aromatic rings. The van der Waals surface area contributed by atoms with Gasteiger partial charge in [-0.15, -0.1) is 0 Å². The highest BCUT2D eigenvalue weighted by Gasteiger charge is 2.36. The molecule has 8 nitrogen and oxygen atoms in total. The Kier molecular flexibility index (Phi) is 5.85. The zero-order chi connectivity index (χ0) is 24.0. The van der Waals surface area contributed by atoms with Crippen LogP contribution in [0.1, 0.15) is 42.7 Å². The van der Waals surface area contributed by atoms with Crippen LogP contribution in [0, 0.1) is 0 Å². The number of benzene rings is 1. The van der Waals surface area contributed by atoms with Gasteiger partial charge in [-0.1, -0.05) is 18.2 Å². The number of hydrogen-bond donors (Lipinski definition) is 0. The highest BCUT2D eigenvalue weighted by Crippen LogP contribution is 2.35. The number of fused-ring (bicyclic) bond motifs is 2. The van der Waals surface area contributed by atoms with Crippen LogP contribution >= 0.6 is 0 Å². The number of para-hydroxylation sites is 1. The first-order chi connectivity index (χ1) is 16.3. The molecular formula is C26H33N7O. The van der Waals surface area contributed by atoms with E-state index in [4.69, 9.17) is 9.97 Å². The van der Waals surface area contributed by atoms with E-state index in [0.717, 1.165) is 53.9 Å². The highest BCUT2D eigenvalue weighted by atomic mass is 16.2. The fourth-order valence-corrected chi connectivity index (χ4v) is 4.94. The molecule has 0 spiro atoms. The van der Waals surface area contributed by atoms with Gasteiger partial charge in [0.1, 0.15) is 11.5 Å². The second-order valence-corrected chi connectivity index (χ2v) is 9.83. The van der Waals surface area contributed by atoms with Crippen molar-refractivity contribution in [2.45, 2.75) is 45.3 Å². The lowest BCUT2D eigenvalue weighted by Gasteiger charge is -2.35. The van der Waals surface area contributed by atoms with Gasteiger partial charge in [0, 0.05) is 43.2 Å². The van der Waals surface area contributed by atoms with Gasteiger partial charge >= 0.3 is 0 Å². The van der Waals surface area contributed by atoms with Crippen LogP contribution in [0.25, 0.3) is 10.9 Å². The maximum Gasteiger partial charge on any atom is 0.273 e.